The number of ether oxygens (including phenoxy) is 1. The molecule has 0 aliphatic heterocycles. The first kappa shape index (κ1) is 13.4. The highest BCUT2D eigenvalue weighted by molar-refractivity contribution is 6.00. The van der Waals surface area contributed by atoms with Crippen LogP contribution in [0, 0.1) is 0 Å². The minimum Gasteiger partial charge on any atom is -0.494 e. The molecule has 0 atom stereocenters. The summed E-state index contributed by atoms with van der Waals surface area (Å²) < 4.78 is 7.55. The van der Waals surface area contributed by atoms with Crippen molar-refractivity contribution in [2.24, 2.45) is 12.0 Å². The molecule has 0 fully saturated rings. The van der Waals surface area contributed by atoms with Crippen molar-refractivity contribution in [3.8, 4) is 5.75 Å². The van der Waals surface area contributed by atoms with E-state index in [1.54, 1.807) is 0 Å². The number of hydrogen-bond donors (Lipinski definition) is 0. The number of fused-ring (bicyclic) bond motifs is 1. The van der Waals surface area contributed by atoms with E-state index in [4.69, 9.17) is 4.74 Å². The first-order chi connectivity index (χ1) is 10.3. The van der Waals surface area contributed by atoms with Crippen molar-refractivity contribution in [1.29, 1.82) is 0 Å². The smallest absolute Gasteiger partial charge is 0.119 e. The van der Waals surface area contributed by atoms with Crippen molar-refractivity contribution < 1.29 is 4.74 Å². The maximum absolute atomic E-state index is 5.43. The molecule has 0 radical (unpaired) electrons. The molecule has 1 aromatic heterocycles. The number of hydrogen-bond acceptors (Lipinski definition) is 2. The number of para-hydroxylation sites is 1. The molecule has 3 rings (SSSR count). The molecule has 0 spiro atoms. The lowest BCUT2D eigenvalue weighted by atomic mass is 10.2. The molecule has 2 aromatic carbocycles. The normalized spacial score (nSPS) is 11.3. The Kier molecular flexibility index (Phi) is 3.73. The second-order valence-corrected chi connectivity index (χ2v) is 4.90. The third-order valence-electron chi connectivity index (χ3n) is 3.43. The fraction of sp³-hybridized carbons (Fsp3) is 0.167. The van der Waals surface area contributed by atoms with Crippen LogP contribution in [0.2, 0.25) is 0 Å². The van der Waals surface area contributed by atoms with Crippen LogP contribution in [-0.4, -0.2) is 17.4 Å². The Balaban J connectivity index is 1.87. The van der Waals surface area contributed by atoms with Gasteiger partial charge in [0.25, 0.3) is 0 Å². The molecule has 0 N–H and O–H groups in total. The summed E-state index contributed by atoms with van der Waals surface area (Å²) in [7, 11) is 2.05. The summed E-state index contributed by atoms with van der Waals surface area (Å²) >= 11 is 0. The van der Waals surface area contributed by atoms with Gasteiger partial charge in [-0.3, -0.25) is 4.99 Å². The van der Waals surface area contributed by atoms with Crippen LogP contribution < -0.4 is 4.74 Å². The zero-order chi connectivity index (χ0) is 14.7. The summed E-state index contributed by atoms with van der Waals surface area (Å²) in [5, 5.41) is 1.22. The van der Waals surface area contributed by atoms with Gasteiger partial charge in [0, 0.05) is 35.9 Å². The number of rotatable bonds is 4. The third-order valence-corrected chi connectivity index (χ3v) is 3.43. The highest BCUT2D eigenvalue weighted by Crippen LogP contribution is 2.21. The van der Waals surface area contributed by atoms with E-state index in [9.17, 15) is 0 Å². The average molecular weight is 278 g/mol. The summed E-state index contributed by atoms with van der Waals surface area (Å²) in [6, 6.07) is 16.2. The van der Waals surface area contributed by atoms with Crippen molar-refractivity contribution in [3.63, 3.8) is 0 Å². The molecule has 0 aliphatic rings. The third kappa shape index (κ3) is 2.82. The molecule has 3 heteroatoms. The second-order valence-electron chi connectivity index (χ2n) is 4.90. The van der Waals surface area contributed by atoms with Gasteiger partial charge in [-0.1, -0.05) is 18.2 Å². The van der Waals surface area contributed by atoms with Gasteiger partial charge in [-0.25, -0.2) is 0 Å². The van der Waals surface area contributed by atoms with Crippen molar-refractivity contribution >= 4 is 22.8 Å². The van der Waals surface area contributed by atoms with Gasteiger partial charge in [-0.05, 0) is 37.3 Å². The van der Waals surface area contributed by atoms with Gasteiger partial charge in [-0.2, -0.15) is 0 Å². The molecule has 0 bridgehead atoms. The fourth-order valence-electron chi connectivity index (χ4n) is 2.42. The SMILES string of the molecule is CCOc1ccc(N=Cc2cn(C)c3ccccc23)cc1. The monoisotopic (exact) mass is 278 g/mol. The topological polar surface area (TPSA) is 26.5 Å². The summed E-state index contributed by atoms with van der Waals surface area (Å²) in [6.07, 6.45) is 4.01. The van der Waals surface area contributed by atoms with Gasteiger partial charge in [-0.15, -0.1) is 0 Å². The van der Waals surface area contributed by atoms with Crippen LogP contribution in [-0.2, 0) is 7.05 Å². The molecule has 0 saturated heterocycles. The van der Waals surface area contributed by atoms with Crippen molar-refractivity contribution in [1.82, 2.24) is 4.57 Å². The molecular weight excluding hydrogens is 260 g/mol. The van der Waals surface area contributed by atoms with Gasteiger partial charge in [0.05, 0.1) is 12.3 Å². The predicted molar refractivity (Wildman–Crippen MR) is 87.8 cm³/mol. The average Bonchev–Trinajstić information content (AvgIpc) is 2.84. The summed E-state index contributed by atoms with van der Waals surface area (Å²) in [6.45, 7) is 2.66. The van der Waals surface area contributed by atoms with Crippen LogP contribution in [0.1, 0.15) is 12.5 Å². The molecule has 21 heavy (non-hydrogen) atoms. The number of nitrogens with zero attached hydrogens (tertiary/aromatic N) is 2. The molecule has 0 aliphatic carbocycles. The number of aryl methyl sites for hydroxylation is 1. The van der Waals surface area contributed by atoms with Gasteiger partial charge < -0.3 is 9.30 Å². The zero-order valence-corrected chi connectivity index (χ0v) is 12.3. The van der Waals surface area contributed by atoms with Crippen LogP contribution in [0.3, 0.4) is 0 Å². The highest BCUT2D eigenvalue weighted by atomic mass is 16.5. The van der Waals surface area contributed by atoms with E-state index in [0.29, 0.717) is 6.61 Å². The lowest BCUT2D eigenvalue weighted by molar-refractivity contribution is 0.340. The molecule has 1 heterocycles. The standard InChI is InChI=1S/C18H18N2O/c1-3-21-16-10-8-15(9-11-16)19-12-14-13-20(2)18-7-5-4-6-17(14)18/h4-13H,3H2,1-2H3. The van der Waals surface area contributed by atoms with Crippen molar-refractivity contribution in [3.05, 3.63) is 60.3 Å². The molecule has 106 valence electrons. The molecule has 0 amide bonds. The first-order valence-corrected chi connectivity index (χ1v) is 7.09. The van der Waals surface area contributed by atoms with E-state index in [2.05, 4.69) is 47.1 Å². The highest BCUT2D eigenvalue weighted by Gasteiger charge is 2.03. The Morgan fingerprint density at radius 1 is 1.10 bits per heavy atom. The van der Waals surface area contributed by atoms with E-state index < -0.39 is 0 Å². The van der Waals surface area contributed by atoms with Crippen molar-refractivity contribution in [2.75, 3.05) is 6.61 Å². The van der Waals surface area contributed by atoms with E-state index >= 15 is 0 Å². The number of benzene rings is 2. The van der Waals surface area contributed by atoms with Gasteiger partial charge in [0.15, 0.2) is 0 Å². The molecule has 0 saturated carbocycles. The lowest BCUT2D eigenvalue weighted by Crippen LogP contribution is -1.89. The Morgan fingerprint density at radius 2 is 1.86 bits per heavy atom. The van der Waals surface area contributed by atoms with E-state index in [1.165, 1.54) is 10.9 Å². The molecule has 3 nitrogen and oxygen atoms in total. The summed E-state index contributed by atoms with van der Waals surface area (Å²) in [5.74, 6) is 0.876. The Morgan fingerprint density at radius 3 is 2.62 bits per heavy atom. The lowest BCUT2D eigenvalue weighted by Gasteiger charge is -2.01. The Hall–Kier alpha value is -2.55. The second kappa shape index (κ2) is 5.83. The minimum atomic E-state index is 0.679. The molecular formula is C18H18N2O. The quantitative estimate of drug-likeness (QED) is 0.652. The van der Waals surface area contributed by atoms with E-state index in [-0.39, 0.29) is 0 Å². The maximum atomic E-state index is 5.43. The van der Waals surface area contributed by atoms with Crippen molar-refractivity contribution in [2.45, 2.75) is 6.92 Å². The van der Waals surface area contributed by atoms with Crippen LogP contribution in [0.5, 0.6) is 5.75 Å². The van der Waals surface area contributed by atoms with E-state index in [0.717, 1.165) is 17.0 Å². The van der Waals surface area contributed by atoms with Crippen LogP contribution in [0.25, 0.3) is 10.9 Å². The Labute approximate surface area is 124 Å². The zero-order valence-electron chi connectivity index (χ0n) is 12.3. The van der Waals surface area contributed by atoms with Gasteiger partial charge >= 0.3 is 0 Å². The van der Waals surface area contributed by atoms with Crippen LogP contribution >= 0.6 is 0 Å². The minimum absolute atomic E-state index is 0.679. The Bertz CT molecular complexity index is 770. The largest absolute Gasteiger partial charge is 0.494 e. The summed E-state index contributed by atoms with van der Waals surface area (Å²) in [5.41, 5.74) is 3.26. The van der Waals surface area contributed by atoms with E-state index in [1.807, 2.05) is 37.4 Å². The van der Waals surface area contributed by atoms with Crippen LogP contribution in [0.15, 0.2) is 59.7 Å². The first-order valence-electron chi connectivity index (χ1n) is 7.09. The predicted octanol–water partition coefficient (Wildman–Crippen LogP) is 4.33. The van der Waals surface area contributed by atoms with Crippen LogP contribution in [0.4, 0.5) is 5.69 Å². The number of aliphatic imine (C=N–C) groups is 1. The van der Waals surface area contributed by atoms with Gasteiger partial charge in [0.1, 0.15) is 5.75 Å². The molecule has 0 unspecified atom stereocenters. The maximum Gasteiger partial charge on any atom is 0.119 e. The summed E-state index contributed by atoms with van der Waals surface area (Å²) in [4.78, 5) is 4.55. The fourth-order valence-corrected chi connectivity index (χ4v) is 2.42. The van der Waals surface area contributed by atoms with Gasteiger partial charge in [0.2, 0.25) is 0 Å². The molecule has 3 aromatic rings. The number of aromatic nitrogens is 1.